The molecule has 0 saturated heterocycles. The van der Waals surface area contributed by atoms with Crippen molar-refractivity contribution in [3.63, 3.8) is 0 Å². The maximum Gasteiger partial charge on any atom is 0.106 e. The smallest absolute Gasteiger partial charge is 0.106 e. The van der Waals surface area contributed by atoms with Crippen LogP contribution in [0.2, 0.25) is 0 Å². The van der Waals surface area contributed by atoms with Crippen LogP contribution in [0.1, 0.15) is 51.0 Å². The molecule has 1 aromatic heterocycles. The highest BCUT2D eigenvalue weighted by Gasteiger charge is 2.39. The lowest BCUT2D eigenvalue weighted by Gasteiger charge is -2.37. The standard InChI is InChI=1S/C17H23BrN2O/c1-4-17(5-2,13-10-8-7-9-11-13)16(21)15-14(18)12-19-20(15)6-3/h7-12,16,21H,4-6H2,1-3H3. The first-order valence-electron chi connectivity index (χ1n) is 7.55. The van der Waals surface area contributed by atoms with E-state index in [0.717, 1.165) is 29.6 Å². The molecule has 1 aromatic carbocycles. The fraction of sp³-hybridized carbons (Fsp3) is 0.471. The zero-order chi connectivity index (χ0) is 15.5. The molecule has 0 aliphatic rings. The summed E-state index contributed by atoms with van der Waals surface area (Å²) in [6.45, 7) is 7.06. The number of nitrogens with zero attached hydrogens (tertiary/aromatic N) is 2. The van der Waals surface area contributed by atoms with Gasteiger partial charge in [-0.1, -0.05) is 44.2 Å². The number of rotatable bonds is 6. The molecule has 0 bridgehead atoms. The predicted molar refractivity (Wildman–Crippen MR) is 89.3 cm³/mol. The first-order chi connectivity index (χ1) is 10.1. The molecular formula is C17H23BrN2O. The summed E-state index contributed by atoms with van der Waals surface area (Å²) in [6.07, 6.45) is 2.92. The number of halogens is 1. The van der Waals surface area contributed by atoms with Crippen LogP contribution in [0.25, 0.3) is 0 Å². The quantitative estimate of drug-likeness (QED) is 0.835. The summed E-state index contributed by atoms with van der Waals surface area (Å²) in [5.41, 5.74) is 1.75. The molecule has 0 radical (unpaired) electrons. The summed E-state index contributed by atoms with van der Waals surface area (Å²) in [5.74, 6) is 0. The highest BCUT2D eigenvalue weighted by Crippen LogP contribution is 2.44. The van der Waals surface area contributed by atoms with E-state index in [1.54, 1.807) is 6.20 Å². The van der Waals surface area contributed by atoms with Crippen molar-refractivity contribution >= 4 is 15.9 Å². The van der Waals surface area contributed by atoms with Crippen molar-refractivity contribution in [3.05, 3.63) is 52.3 Å². The maximum atomic E-state index is 11.2. The molecule has 1 N–H and O–H groups in total. The van der Waals surface area contributed by atoms with Crippen LogP contribution in [0.4, 0.5) is 0 Å². The van der Waals surface area contributed by atoms with Gasteiger partial charge in [0.2, 0.25) is 0 Å². The minimum atomic E-state index is -0.591. The summed E-state index contributed by atoms with van der Waals surface area (Å²) in [6, 6.07) is 10.3. The van der Waals surface area contributed by atoms with E-state index in [-0.39, 0.29) is 5.41 Å². The molecule has 1 unspecified atom stereocenters. The molecule has 2 aromatic rings. The van der Waals surface area contributed by atoms with Gasteiger partial charge < -0.3 is 5.11 Å². The molecule has 2 rings (SSSR count). The van der Waals surface area contributed by atoms with Crippen LogP contribution in [-0.2, 0) is 12.0 Å². The summed E-state index contributed by atoms with van der Waals surface area (Å²) >= 11 is 3.54. The van der Waals surface area contributed by atoms with Crippen LogP contribution in [-0.4, -0.2) is 14.9 Å². The van der Waals surface area contributed by atoms with Crippen LogP contribution < -0.4 is 0 Å². The lowest BCUT2D eigenvalue weighted by atomic mass is 9.70. The molecule has 0 saturated carbocycles. The van der Waals surface area contributed by atoms with E-state index in [1.807, 2.05) is 29.8 Å². The number of aliphatic hydroxyl groups excluding tert-OH is 1. The Morgan fingerprint density at radius 1 is 1.19 bits per heavy atom. The molecule has 21 heavy (non-hydrogen) atoms. The van der Waals surface area contributed by atoms with Gasteiger partial charge in [0.15, 0.2) is 0 Å². The van der Waals surface area contributed by atoms with Gasteiger partial charge in [0.25, 0.3) is 0 Å². The molecule has 1 atom stereocenters. The van der Waals surface area contributed by atoms with Crippen LogP contribution in [0.5, 0.6) is 0 Å². The lowest BCUT2D eigenvalue weighted by Crippen LogP contribution is -2.34. The Hall–Kier alpha value is -1.13. The average Bonchev–Trinajstić information content (AvgIpc) is 2.90. The number of hydrogen-bond donors (Lipinski definition) is 1. The summed E-state index contributed by atoms with van der Waals surface area (Å²) in [7, 11) is 0. The van der Waals surface area contributed by atoms with Gasteiger partial charge in [-0.25, -0.2) is 0 Å². The highest BCUT2D eigenvalue weighted by atomic mass is 79.9. The second-order valence-corrected chi connectivity index (χ2v) is 6.18. The maximum absolute atomic E-state index is 11.2. The number of hydrogen-bond acceptors (Lipinski definition) is 2. The van der Waals surface area contributed by atoms with Crippen molar-refractivity contribution in [1.82, 2.24) is 9.78 Å². The van der Waals surface area contributed by atoms with E-state index in [1.165, 1.54) is 5.56 Å². The summed E-state index contributed by atoms with van der Waals surface area (Å²) in [5, 5.41) is 15.5. The topological polar surface area (TPSA) is 38.0 Å². The fourth-order valence-electron chi connectivity index (χ4n) is 3.13. The number of aliphatic hydroxyl groups is 1. The molecule has 0 amide bonds. The van der Waals surface area contributed by atoms with Gasteiger partial charge in [-0.05, 0) is 41.3 Å². The van der Waals surface area contributed by atoms with Crippen molar-refractivity contribution in [2.75, 3.05) is 0 Å². The highest BCUT2D eigenvalue weighted by molar-refractivity contribution is 9.10. The van der Waals surface area contributed by atoms with Gasteiger partial charge in [0, 0.05) is 12.0 Å². The lowest BCUT2D eigenvalue weighted by molar-refractivity contribution is 0.0642. The average molecular weight is 351 g/mol. The number of benzene rings is 1. The van der Waals surface area contributed by atoms with Gasteiger partial charge >= 0.3 is 0 Å². The Balaban J connectivity index is 2.54. The van der Waals surface area contributed by atoms with E-state index in [4.69, 9.17) is 0 Å². The molecule has 114 valence electrons. The first kappa shape index (κ1) is 16.2. The predicted octanol–water partition coefficient (Wildman–Crippen LogP) is 4.46. The molecule has 0 fully saturated rings. The van der Waals surface area contributed by atoms with Crippen molar-refractivity contribution < 1.29 is 5.11 Å². The van der Waals surface area contributed by atoms with Crippen LogP contribution in [0.3, 0.4) is 0 Å². The zero-order valence-corrected chi connectivity index (χ0v) is 14.5. The SMILES string of the molecule is CCn1ncc(Br)c1C(O)C(CC)(CC)c1ccccc1. The molecular weight excluding hydrogens is 328 g/mol. The molecule has 1 heterocycles. The number of aryl methyl sites for hydroxylation is 1. The monoisotopic (exact) mass is 350 g/mol. The largest absolute Gasteiger partial charge is 0.386 e. The van der Waals surface area contributed by atoms with Gasteiger partial charge in [-0.15, -0.1) is 0 Å². The minimum absolute atomic E-state index is 0.295. The third-order valence-corrected chi connectivity index (χ3v) is 5.14. The first-order valence-corrected chi connectivity index (χ1v) is 8.34. The minimum Gasteiger partial charge on any atom is -0.386 e. The van der Waals surface area contributed by atoms with E-state index in [9.17, 15) is 5.11 Å². The van der Waals surface area contributed by atoms with E-state index < -0.39 is 6.10 Å². The third-order valence-electron chi connectivity index (χ3n) is 4.53. The fourth-order valence-corrected chi connectivity index (χ4v) is 3.64. The van der Waals surface area contributed by atoms with E-state index >= 15 is 0 Å². The van der Waals surface area contributed by atoms with Crippen molar-refractivity contribution in [3.8, 4) is 0 Å². The van der Waals surface area contributed by atoms with Crippen LogP contribution in [0, 0.1) is 0 Å². The van der Waals surface area contributed by atoms with Crippen LogP contribution >= 0.6 is 15.9 Å². The Labute approximate surface area is 135 Å². The third kappa shape index (κ3) is 2.79. The Morgan fingerprint density at radius 3 is 2.33 bits per heavy atom. The normalized spacial score (nSPS) is 13.4. The second kappa shape index (κ2) is 6.75. The van der Waals surface area contributed by atoms with E-state index in [2.05, 4.69) is 47.0 Å². The van der Waals surface area contributed by atoms with Crippen molar-refractivity contribution in [2.45, 2.75) is 51.7 Å². The Bertz CT molecular complexity index is 576. The zero-order valence-electron chi connectivity index (χ0n) is 12.9. The van der Waals surface area contributed by atoms with Gasteiger partial charge in [-0.2, -0.15) is 5.10 Å². The molecule has 0 aliphatic carbocycles. The van der Waals surface area contributed by atoms with Crippen LogP contribution in [0.15, 0.2) is 41.0 Å². The van der Waals surface area contributed by atoms with Crippen molar-refractivity contribution in [2.24, 2.45) is 0 Å². The van der Waals surface area contributed by atoms with Gasteiger partial charge in [0.1, 0.15) is 6.10 Å². The second-order valence-electron chi connectivity index (χ2n) is 5.33. The van der Waals surface area contributed by atoms with Gasteiger partial charge in [-0.3, -0.25) is 4.68 Å². The van der Waals surface area contributed by atoms with Gasteiger partial charge in [0.05, 0.1) is 16.4 Å². The van der Waals surface area contributed by atoms with Crippen molar-refractivity contribution in [1.29, 1.82) is 0 Å². The summed E-state index contributed by atoms with van der Waals surface area (Å²) < 4.78 is 2.75. The Kier molecular flexibility index (Phi) is 5.22. The number of aromatic nitrogens is 2. The Morgan fingerprint density at radius 2 is 1.81 bits per heavy atom. The summed E-state index contributed by atoms with van der Waals surface area (Å²) in [4.78, 5) is 0. The van der Waals surface area contributed by atoms with E-state index in [0.29, 0.717) is 0 Å². The molecule has 0 spiro atoms. The molecule has 3 nitrogen and oxygen atoms in total. The molecule has 0 aliphatic heterocycles. The molecule has 4 heteroatoms.